The molecule has 144 valence electrons. The van der Waals surface area contributed by atoms with Gasteiger partial charge in [-0.25, -0.2) is 0 Å². The SMILES string of the molecule is C#CCCOCC(COCCC#C)(COCCC#C)COCCC(=O)O. The number of carboxylic acids is 1. The molecule has 0 saturated heterocycles. The van der Waals surface area contributed by atoms with Crippen LogP contribution in [0.3, 0.4) is 0 Å². The maximum atomic E-state index is 10.6. The van der Waals surface area contributed by atoms with Crippen LogP contribution in [-0.2, 0) is 23.7 Å². The lowest BCUT2D eigenvalue weighted by molar-refractivity contribution is -0.139. The van der Waals surface area contributed by atoms with Gasteiger partial charge in [-0.1, -0.05) is 0 Å². The molecule has 0 radical (unpaired) electrons. The first kappa shape index (κ1) is 24.0. The van der Waals surface area contributed by atoms with E-state index in [0.29, 0.717) is 58.9 Å². The third-order valence-corrected chi connectivity index (χ3v) is 3.27. The minimum absolute atomic E-state index is 0.0794. The van der Waals surface area contributed by atoms with Crippen LogP contribution in [0.5, 0.6) is 0 Å². The van der Waals surface area contributed by atoms with Crippen molar-refractivity contribution in [2.24, 2.45) is 5.41 Å². The van der Waals surface area contributed by atoms with Crippen molar-refractivity contribution >= 4 is 5.97 Å². The van der Waals surface area contributed by atoms with Crippen molar-refractivity contribution in [3.63, 3.8) is 0 Å². The van der Waals surface area contributed by atoms with Crippen molar-refractivity contribution in [1.82, 2.24) is 0 Å². The summed E-state index contributed by atoms with van der Waals surface area (Å²) in [6.07, 6.45) is 17.1. The van der Waals surface area contributed by atoms with Gasteiger partial charge in [-0.2, -0.15) is 0 Å². The summed E-state index contributed by atoms with van der Waals surface area (Å²) in [4.78, 5) is 10.6. The minimum atomic E-state index is -0.920. The topological polar surface area (TPSA) is 74.2 Å². The quantitative estimate of drug-likeness (QED) is 0.312. The van der Waals surface area contributed by atoms with Gasteiger partial charge < -0.3 is 24.1 Å². The molecular formula is C20H28O6. The lowest BCUT2D eigenvalue weighted by Crippen LogP contribution is -2.42. The summed E-state index contributed by atoms with van der Waals surface area (Å²) in [6.45, 7) is 2.43. The molecule has 0 saturated carbocycles. The number of hydrogen-bond acceptors (Lipinski definition) is 5. The van der Waals surface area contributed by atoms with Crippen LogP contribution < -0.4 is 0 Å². The maximum Gasteiger partial charge on any atom is 0.305 e. The summed E-state index contributed by atoms with van der Waals surface area (Å²) >= 11 is 0. The molecule has 1 N–H and O–H groups in total. The van der Waals surface area contributed by atoms with E-state index in [-0.39, 0.29) is 19.6 Å². The Balaban J connectivity index is 4.79. The van der Waals surface area contributed by atoms with E-state index in [4.69, 9.17) is 43.3 Å². The van der Waals surface area contributed by atoms with Crippen LogP contribution in [0.2, 0.25) is 0 Å². The van der Waals surface area contributed by atoms with Gasteiger partial charge in [0.15, 0.2) is 0 Å². The summed E-state index contributed by atoms with van der Waals surface area (Å²) < 4.78 is 22.5. The number of carboxylic acid groups (broad SMARTS) is 1. The number of carbonyl (C=O) groups is 1. The molecule has 6 heteroatoms. The van der Waals surface area contributed by atoms with Crippen LogP contribution in [0.25, 0.3) is 0 Å². The van der Waals surface area contributed by atoms with Gasteiger partial charge in [0.2, 0.25) is 0 Å². The highest BCUT2D eigenvalue weighted by atomic mass is 16.5. The Kier molecular flexibility index (Phi) is 15.2. The van der Waals surface area contributed by atoms with Gasteiger partial charge in [-0.05, 0) is 0 Å². The molecule has 0 atom stereocenters. The van der Waals surface area contributed by atoms with Crippen LogP contribution in [-0.4, -0.2) is 63.9 Å². The van der Waals surface area contributed by atoms with Gasteiger partial charge in [0, 0.05) is 19.3 Å². The van der Waals surface area contributed by atoms with Gasteiger partial charge in [0.05, 0.1) is 64.7 Å². The predicted molar refractivity (Wildman–Crippen MR) is 98.3 cm³/mol. The molecule has 0 rings (SSSR count). The molecule has 26 heavy (non-hydrogen) atoms. The molecule has 0 heterocycles. The van der Waals surface area contributed by atoms with Crippen LogP contribution in [0.4, 0.5) is 0 Å². The summed E-state index contributed by atoms with van der Waals surface area (Å²) in [5.74, 6) is 6.61. The zero-order valence-corrected chi connectivity index (χ0v) is 15.2. The van der Waals surface area contributed by atoms with E-state index in [1.807, 2.05) is 0 Å². The first-order valence-electron chi connectivity index (χ1n) is 8.43. The Bertz CT molecular complexity index is 439. The average Bonchev–Trinajstić information content (AvgIpc) is 2.63. The Morgan fingerprint density at radius 2 is 1.08 bits per heavy atom. The van der Waals surface area contributed by atoms with Crippen LogP contribution in [0.1, 0.15) is 25.7 Å². The molecule has 0 aliphatic heterocycles. The van der Waals surface area contributed by atoms with E-state index in [0.717, 1.165) is 0 Å². The van der Waals surface area contributed by atoms with Crippen molar-refractivity contribution < 1.29 is 28.8 Å². The molecule has 0 unspecified atom stereocenters. The highest BCUT2D eigenvalue weighted by Crippen LogP contribution is 2.21. The van der Waals surface area contributed by atoms with E-state index >= 15 is 0 Å². The fourth-order valence-electron chi connectivity index (χ4n) is 1.96. The number of aliphatic carboxylic acids is 1. The molecule has 0 aromatic rings. The van der Waals surface area contributed by atoms with E-state index in [2.05, 4.69) is 17.8 Å². The molecule has 0 bridgehead atoms. The minimum Gasteiger partial charge on any atom is -0.481 e. The number of terminal acetylenes is 3. The van der Waals surface area contributed by atoms with Crippen molar-refractivity contribution in [3.05, 3.63) is 0 Å². The molecular weight excluding hydrogens is 336 g/mol. The summed E-state index contributed by atoms with van der Waals surface area (Å²) in [6, 6.07) is 0. The summed E-state index contributed by atoms with van der Waals surface area (Å²) in [7, 11) is 0. The van der Waals surface area contributed by atoms with E-state index in [1.165, 1.54) is 0 Å². The van der Waals surface area contributed by atoms with Gasteiger partial charge in [-0.3, -0.25) is 4.79 Å². The standard InChI is InChI=1S/C20H28O6/c1-4-7-11-23-15-20(16-24-12-8-5-2,17-25-13-9-6-3)18-26-14-10-19(21)22/h1-3H,7-18H2,(H,21,22). The second-order valence-electron chi connectivity index (χ2n) is 5.72. The van der Waals surface area contributed by atoms with E-state index < -0.39 is 11.4 Å². The zero-order valence-electron chi connectivity index (χ0n) is 15.2. The molecule has 0 aromatic heterocycles. The Labute approximate surface area is 156 Å². The third kappa shape index (κ3) is 13.3. The summed E-state index contributed by atoms with van der Waals surface area (Å²) in [5, 5.41) is 8.73. The average molecular weight is 364 g/mol. The maximum absolute atomic E-state index is 10.6. The largest absolute Gasteiger partial charge is 0.481 e. The van der Waals surface area contributed by atoms with Crippen molar-refractivity contribution in [2.75, 3.05) is 52.9 Å². The third-order valence-electron chi connectivity index (χ3n) is 3.27. The fourth-order valence-corrected chi connectivity index (χ4v) is 1.96. The van der Waals surface area contributed by atoms with Crippen molar-refractivity contribution in [3.8, 4) is 37.0 Å². The molecule has 0 amide bonds. The second kappa shape index (κ2) is 16.5. The first-order chi connectivity index (χ1) is 12.6. The zero-order chi connectivity index (χ0) is 19.5. The van der Waals surface area contributed by atoms with E-state index in [9.17, 15) is 4.79 Å². The molecule has 0 aliphatic carbocycles. The fraction of sp³-hybridized carbons (Fsp3) is 0.650. The van der Waals surface area contributed by atoms with Gasteiger partial charge in [-0.15, -0.1) is 37.0 Å². The van der Waals surface area contributed by atoms with Crippen molar-refractivity contribution in [2.45, 2.75) is 25.7 Å². The Hall–Kier alpha value is -2.01. The second-order valence-corrected chi connectivity index (χ2v) is 5.72. The van der Waals surface area contributed by atoms with E-state index in [1.54, 1.807) is 0 Å². The molecule has 0 spiro atoms. The lowest BCUT2D eigenvalue weighted by Gasteiger charge is -2.32. The Morgan fingerprint density at radius 3 is 1.38 bits per heavy atom. The van der Waals surface area contributed by atoms with Crippen LogP contribution in [0.15, 0.2) is 0 Å². The highest BCUT2D eigenvalue weighted by Gasteiger charge is 2.32. The first-order valence-corrected chi connectivity index (χ1v) is 8.43. The molecule has 0 fully saturated rings. The Morgan fingerprint density at radius 1 is 0.731 bits per heavy atom. The van der Waals surface area contributed by atoms with Crippen molar-refractivity contribution in [1.29, 1.82) is 0 Å². The monoisotopic (exact) mass is 364 g/mol. The van der Waals surface area contributed by atoms with Gasteiger partial charge in [0.1, 0.15) is 0 Å². The lowest BCUT2D eigenvalue weighted by atomic mass is 9.92. The van der Waals surface area contributed by atoms with Crippen LogP contribution in [0, 0.1) is 42.4 Å². The number of rotatable bonds is 17. The van der Waals surface area contributed by atoms with Gasteiger partial charge >= 0.3 is 5.97 Å². The number of hydrogen-bond donors (Lipinski definition) is 1. The smallest absolute Gasteiger partial charge is 0.305 e. The predicted octanol–water partition coefficient (Wildman–Crippen LogP) is 1.58. The normalized spacial score (nSPS) is 10.7. The van der Waals surface area contributed by atoms with Crippen LogP contribution >= 0.6 is 0 Å². The molecule has 0 aromatic carbocycles. The highest BCUT2D eigenvalue weighted by molar-refractivity contribution is 5.66. The molecule has 0 aliphatic rings. The summed E-state index contributed by atoms with van der Waals surface area (Å²) in [5.41, 5.74) is -0.601. The molecule has 6 nitrogen and oxygen atoms in total. The number of ether oxygens (including phenoxy) is 4. The van der Waals surface area contributed by atoms with Gasteiger partial charge in [0.25, 0.3) is 0 Å².